The SMILES string of the molecule is C1CCCC2OCCOC2CC1. The molecule has 2 nitrogen and oxygen atoms in total. The Balaban J connectivity index is 1.89. The second-order valence-electron chi connectivity index (χ2n) is 3.81. The molecule has 2 atom stereocenters. The van der Waals surface area contributed by atoms with Gasteiger partial charge in [-0.2, -0.15) is 0 Å². The molecule has 0 aromatic rings. The van der Waals surface area contributed by atoms with Crippen LogP contribution in [-0.4, -0.2) is 25.4 Å². The minimum Gasteiger partial charge on any atom is -0.373 e. The fourth-order valence-electron chi connectivity index (χ4n) is 2.20. The standard InChI is InChI=1S/C10H18O2/c1-2-4-6-10-9(5-3-1)11-7-8-12-10/h9-10H,1-8H2. The monoisotopic (exact) mass is 170 g/mol. The second kappa shape index (κ2) is 4.24. The van der Waals surface area contributed by atoms with Crippen molar-refractivity contribution >= 4 is 0 Å². The lowest BCUT2D eigenvalue weighted by molar-refractivity contribution is -0.146. The summed E-state index contributed by atoms with van der Waals surface area (Å²) >= 11 is 0. The number of fused-ring (bicyclic) bond motifs is 1. The molecule has 2 rings (SSSR count). The summed E-state index contributed by atoms with van der Waals surface area (Å²) in [5.41, 5.74) is 0. The van der Waals surface area contributed by atoms with Crippen molar-refractivity contribution < 1.29 is 9.47 Å². The van der Waals surface area contributed by atoms with Gasteiger partial charge < -0.3 is 9.47 Å². The summed E-state index contributed by atoms with van der Waals surface area (Å²) in [6.45, 7) is 1.61. The second-order valence-corrected chi connectivity index (χ2v) is 3.81. The van der Waals surface area contributed by atoms with Gasteiger partial charge in [-0.25, -0.2) is 0 Å². The van der Waals surface area contributed by atoms with Gasteiger partial charge >= 0.3 is 0 Å². The first kappa shape index (κ1) is 8.52. The molecule has 1 saturated carbocycles. The fraction of sp³-hybridized carbons (Fsp3) is 1.00. The molecule has 2 unspecified atom stereocenters. The first-order valence-corrected chi connectivity index (χ1v) is 5.20. The van der Waals surface area contributed by atoms with Crippen molar-refractivity contribution in [2.45, 2.75) is 50.7 Å². The van der Waals surface area contributed by atoms with Gasteiger partial charge in [0, 0.05) is 0 Å². The first-order chi connectivity index (χ1) is 5.97. The van der Waals surface area contributed by atoms with Crippen molar-refractivity contribution in [1.82, 2.24) is 0 Å². The maximum absolute atomic E-state index is 5.69. The minimum atomic E-state index is 0.416. The Morgan fingerprint density at radius 1 is 0.667 bits per heavy atom. The minimum absolute atomic E-state index is 0.416. The van der Waals surface area contributed by atoms with E-state index in [0.717, 1.165) is 13.2 Å². The molecule has 1 aliphatic carbocycles. The van der Waals surface area contributed by atoms with Crippen molar-refractivity contribution in [2.24, 2.45) is 0 Å². The highest BCUT2D eigenvalue weighted by atomic mass is 16.6. The molecular weight excluding hydrogens is 152 g/mol. The normalized spacial score (nSPS) is 38.0. The lowest BCUT2D eigenvalue weighted by Gasteiger charge is -2.33. The van der Waals surface area contributed by atoms with E-state index in [4.69, 9.17) is 9.47 Å². The van der Waals surface area contributed by atoms with Gasteiger partial charge in [-0.1, -0.05) is 25.7 Å². The van der Waals surface area contributed by atoms with Crippen LogP contribution in [0, 0.1) is 0 Å². The third-order valence-corrected chi connectivity index (χ3v) is 2.89. The molecule has 0 N–H and O–H groups in total. The highest BCUT2D eigenvalue weighted by Crippen LogP contribution is 2.24. The quantitative estimate of drug-likeness (QED) is 0.554. The topological polar surface area (TPSA) is 18.5 Å². The summed E-state index contributed by atoms with van der Waals surface area (Å²) in [6, 6.07) is 0. The van der Waals surface area contributed by atoms with Gasteiger partial charge in [0.15, 0.2) is 0 Å². The lowest BCUT2D eigenvalue weighted by Crippen LogP contribution is -2.38. The molecule has 1 heterocycles. The van der Waals surface area contributed by atoms with Crippen molar-refractivity contribution in [3.05, 3.63) is 0 Å². The van der Waals surface area contributed by atoms with E-state index >= 15 is 0 Å². The zero-order chi connectivity index (χ0) is 8.23. The van der Waals surface area contributed by atoms with Crippen LogP contribution in [-0.2, 0) is 9.47 Å². The summed E-state index contributed by atoms with van der Waals surface area (Å²) in [5.74, 6) is 0. The van der Waals surface area contributed by atoms with Crippen molar-refractivity contribution in [2.75, 3.05) is 13.2 Å². The van der Waals surface area contributed by atoms with Gasteiger partial charge in [-0.15, -0.1) is 0 Å². The molecule has 0 aromatic carbocycles. The lowest BCUT2D eigenvalue weighted by atomic mass is 9.95. The zero-order valence-corrected chi connectivity index (χ0v) is 7.63. The summed E-state index contributed by atoms with van der Waals surface area (Å²) in [5, 5.41) is 0. The predicted molar refractivity (Wildman–Crippen MR) is 47.2 cm³/mol. The van der Waals surface area contributed by atoms with Crippen molar-refractivity contribution in [3.63, 3.8) is 0 Å². The first-order valence-electron chi connectivity index (χ1n) is 5.20. The van der Waals surface area contributed by atoms with Crippen LogP contribution in [0.4, 0.5) is 0 Å². The van der Waals surface area contributed by atoms with E-state index in [1.54, 1.807) is 0 Å². The molecule has 0 spiro atoms. The van der Waals surface area contributed by atoms with Gasteiger partial charge in [0.2, 0.25) is 0 Å². The zero-order valence-electron chi connectivity index (χ0n) is 7.63. The van der Waals surface area contributed by atoms with Crippen LogP contribution in [0.25, 0.3) is 0 Å². The third kappa shape index (κ3) is 1.99. The maximum Gasteiger partial charge on any atom is 0.0837 e. The summed E-state index contributed by atoms with van der Waals surface area (Å²) in [4.78, 5) is 0. The van der Waals surface area contributed by atoms with E-state index in [9.17, 15) is 0 Å². The molecule has 12 heavy (non-hydrogen) atoms. The molecular formula is C10H18O2. The average molecular weight is 170 g/mol. The molecule has 2 aliphatic rings. The highest BCUT2D eigenvalue weighted by Gasteiger charge is 2.26. The van der Waals surface area contributed by atoms with E-state index in [1.165, 1.54) is 38.5 Å². The number of rotatable bonds is 0. The Morgan fingerprint density at radius 2 is 1.17 bits per heavy atom. The van der Waals surface area contributed by atoms with Crippen LogP contribution in [0.1, 0.15) is 38.5 Å². The predicted octanol–water partition coefficient (Wildman–Crippen LogP) is 2.12. The smallest absolute Gasteiger partial charge is 0.0837 e. The summed E-state index contributed by atoms with van der Waals surface area (Å²) < 4.78 is 11.4. The molecule has 2 heteroatoms. The molecule has 2 fully saturated rings. The number of hydrogen-bond acceptors (Lipinski definition) is 2. The maximum atomic E-state index is 5.69. The van der Waals surface area contributed by atoms with Crippen LogP contribution < -0.4 is 0 Å². The van der Waals surface area contributed by atoms with Gasteiger partial charge in [0.1, 0.15) is 0 Å². The summed E-state index contributed by atoms with van der Waals surface area (Å²) in [7, 11) is 0. The molecule has 0 bridgehead atoms. The fourth-order valence-corrected chi connectivity index (χ4v) is 2.20. The Kier molecular flexibility index (Phi) is 3.01. The van der Waals surface area contributed by atoms with Crippen LogP contribution in [0.15, 0.2) is 0 Å². The molecule has 1 aliphatic heterocycles. The average Bonchev–Trinajstić information content (AvgIpc) is 2.06. The highest BCUT2D eigenvalue weighted by molar-refractivity contribution is 4.76. The third-order valence-electron chi connectivity index (χ3n) is 2.89. The van der Waals surface area contributed by atoms with E-state index < -0.39 is 0 Å². The van der Waals surface area contributed by atoms with Gasteiger partial charge in [-0.3, -0.25) is 0 Å². The Morgan fingerprint density at radius 3 is 1.67 bits per heavy atom. The number of ether oxygens (including phenoxy) is 2. The number of hydrogen-bond donors (Lipinski definition) is 0. The van der Waals surface area contributed by atoms with Gasteiger partial charge in [-0.05, 0) is 12.8 Å². The molecule has 0 radical (unpaired) electrons. The van der Waals surface area contributed by atoms with E-state index in [0.29, 0.717) is 12.2 Å². The van der Waals surface area contributed by atoms with Crippen molar-refractivity contribution in [3.8, 4) is 0 Å². The van der Waals surface area contributed by atoms with Crippen LogP contribution >= 0.6 is 0 Å². The Hall–Kier alpha value is -0.0800. The van der Waals surface area contributed by atoms with Crippen LogP contribution in [0.2, 0.25) is 0 Å². The van der Waals surface area contributed by atoms with Crippen LogP contribution in [0.5, 0.6) is 0 Å². The van der Waals surface area contributed by atoms with E-state index in [2.05, 4.69) is 0 Å². The Labute approximate surface area is 74.2 Å². The summed E-state index contributed by atoms with van der Waals surface area (Å²) in [6.07, 6.45) is 8.67. The van der Waals surface area contributed by atoms with E-state index in [1.807, 2.05) is 0 Å². The van der Waals surface area contributed by atoms with Gasteiger partial charge in [0.05, 0.1) is 25.4 Å². The molecule has 1 saturated heterocycles. The molecule has 0 aromatic heterocycles. The molecule has 0 amide bonds. The van der Waals surface area contributed by atoms with E-state index in [-0.39, 0.29) is 0 Å². The van der Waals surface area contributed by atoms with Gasteiger partial charge in [0.25, 0.3) is 0 Å². The largest absolute Gasteiger partial charge is 0.373 e. The Bertz CT molecular complexity index is 120. The van der Waals surface area contributed by atoms with Crippen molar-refractivity contribution in [1.29, 1.82) is 0 Å². The van der Waals surface area contributed by atoms with Crippen LogP contribution in [0.3, 0.4) is 0 Å². The molecule has 70 valence electrons.